The fourth-order valence-corrected chi connectivity index (χ4v) is 2.78. The van der Waals surface area contributed by atoms with Crippen LogP contribution in [-0.2, 0) is 15.9 Å². The van der Waals surface area contributed by atoms with Crippen LogP contribution in [0.4, 0.5) is 5.00 Å². The zero-order chi connectivity index (χ0) is 15.1. The van der Waals surface area contributed by atoms with E-state index in [1.807, 2.05) is 20.8 Å². The van der Waals surface area contributed by atoms with Gasteiger partial charge in [-0.05, 0) is 24.8 Å². The Balaban J connectivity index is 3.05. The highest BCUT2D eigenvalue weighted by molar-refractivity contribution is 7.18. The van der Waals surface area contributed by atoms with Crippen LogP contribution in [0.3, 0.4) is 0 Å². The Morgan fingerprint density at radius 1 is 1.05 bits per heavy atom. The van der Waals surface area contributed by atoms with Crippen molar-refractivity contribution in [1.82, 2.24) is 0 Å². The van der Waals surface area contributed by atoms with Gasteiger partial charge in [0.1, 0.15) is 9.88 Å². The average molecular weight is 299 g/mol. The number of nitrogens with two attached hydrogens (primary N) is 1. The van der Waals surface area contributed by atoms with Crippen LogP contribution in [0.25, 0.3) is 0 Å². The first kappa shape index (κ1) is 16.5. The topological polar surface area (TPSA) is 78.6 Å². The van der Waals surface area contributed by atoms with Crippen LogP contribution >= 0.6 is 11.3 Å². The lowest BCUT2D eigenvalue weighted by Crippen LogP contribution is -2.11. The molecule has 0 aromatic carbocycles. The molecule has 112 valence electrons. The highest BCUT2D eigenvalue weighted by Crippen LogP contribution is 2.32. The van der Waals surface area contributed by atoms with Gasteiger partial charge in [-0.15, -0.1) is 11.3 Å². The lowest BCUT2D eigenvalue weighted by atomic mass is 10.1. The minimum atomic E-state index is -0.466. The van der Waals surface area contributed by atoms with Crippen LogP contribution in [0, 0.1) is 0 Å². The Morgan fingerprint density at radius 3 is 2.10 bits per heavy atom. The SMILES string of the molecule is CCCOC(=O)c1sc(N)c(C(=O)OCCC)c1CC. The first-order valence-electron chi connectivity index (χ1n) is 6.82. The number of hydrogen-bond donors (Lipinski definition) is 1. The van der Waals surface area contributed by atoms with Crippen molar-refractivity contribution in [2.75, 3.05) is 18.9 Å². The van der Waals surface area contributed by atoms with Crippen molar-refractivity contribution in [3.05, 3.63) is 16.0 Å². The van der Waals surface area contributed by atoms with Crippen LogP contribution in [0.15, 0.2) is 0 Å². The molecule has 1 rings (SSSR count). The first-order valence-corrected chi connectivity index (χ1v) is 7.63. The maximum Gasteiger partial charge on any atom is 0.348 e. The average Bonchev–Trinajstić information content (AvgIpc) is 2.78. The van der Waals surface area contributed by atoms with Crippen LogP contribution in [0.2, 0.25) is 0 Å². The lowest BCUT2D eigenvalue weighted by molar-refractivity contribution is 0.0505. The quantitative estimate of drug-likeness (QED) is 0.783. The monoisotopic (exact) mass is 299 g/mol. The molecule has 0 saturated heterocycles. The normalized spacial score (nSPS) is 10.3. The highest BCUT2D eigenvalue weighted by Gasteiger charge is 2.26. The molecule has 1 aromatic rings. The summed E-state index contributed by atoms with van der Waals surface area (Å²) >= 11 is 1.09. The Labute approximate surface area is 123 Å². The minimum Gasteiger partial charge on any atom is -0.462 e. The number of esters is 2. The van der Waals surface area contributed by atoms with Gasteiger partial charge in [0.2, 0.25) is 0 Å². The van der Waals surface area contributed by atoms with Gasteiger partial charge in [-0.25, -0.2) is 9.59 Å². The largest absolute Gasteiger partial charge is 0.462 e. The second-order valence-electron chi connectivity index (χ2n) is 4.27. The highest BCUT2D eigenvalue weighted by atomic mass is 32.1. The Kier molecular flexibility index (Phi) is 6.51. The molecule has 5 nitrogen and oxygen atoms in total. The molecule has 6 heteroatoms. The molecule has 0 unspecified atom stereocenters. The molecular weight excluding hydrogens is 278 g/mol. The summed E-state index contributed by atoms with van der Waals surface area (Å²) in [5, 5.41) is 0.311. The molecule has 0 fully saturated rings. The molecule has 0 aliphatic carbocycles. The predicted molar refractivity (Wildman–Crippen MR) is 79.3 cm³/mol. The number of ether oxygens (including phenoxy) is 2. The molecule has 0 atom stereocenters. The maximum atomic E-state index is 12.0. The van der Waals surface area contributed by atoms with Crippen molar-refractivity contribution < 1.29 is 19.1 Å². The van der Waals surface area contributed by atoms with Crippen LogP contribution in [0.1, 0.15) is 59.2 Å². The second-order valence-corrected chi connectivity index (χ2v) is 5.33. The fourth-order valence-electron chi connectivity index (χ4n) is 1.74. The van der Waals surface area contributed by atoms with Crippen LogP contribution in [0.5, 0.6) is 0 Å². The van der Waals surface area contributed by atoms with E-state index in [0.29, 0.717) is 40.6 Å². The minimum absolute atomic E-state index is 0.311. The van der Waals surface area contributed by atoms with E-state index in [1.54, 1.807) is 0 Å². The molecule has 0 bridgehead atoms. The zero-order valence-electron chi connectivity index (χ0n) is 12.2. The molecule has 1 aromatic heterocycles. The van der Waals surface area contributed by atoms with Gasteiger partial charge in [0.15, 0.2) is 0 Å². The molecule has 0 aliphatic rings. The van der Waals surface area contributed by atoms with Gasteiger partial charge >= 0.3 is 11.9 Å². The molecule has 0 radical (unpaired) electrons. The van der Waals surface area contributed by atoms with Crippen molar-refractivity contribution in [3.63, 3.8) is 0 Å². The van der Waals surface area contributed by atoms with Crippen LogP contribution < -0.4 is 5.73 Å². The third-order valence-corrected chi connectivity index (χ3v) is 3.69. The van der Waals surface area contributed by atoms with E-state index >= 15 is 0 Å². The number of carbonyl (C=O) groups is 2. The Morgan fingerprint density at radius 2 is 1.60 bits per heavy atom. The Hall–Kier alpha value is -1.56. The van der Waals surface area contributed by atoms with E-state index < -0.39 is 11.9 Å². The standard InChI is InChI=1S/C14H21NO4S/c1-4-7-18-13(16)10-9(6-3)11(20-12(10)15)14(17)19-8-5-2/h4-8,15H2,1-3H3. The summed E-state index contributed by atoms with van der Waals surface area (Å²) < 4.78 is 10.2. The summed E-state index contributed by atoms with van der Waals surface area (Å²) in [6, 6.07) is 0. The lowest BCUT2D eigenvalue weighted by Gasteiger charge is -2.06. The van der Waals surface area contributed by atoms with Gasteiger partial charge in [-0.1, -0.05) is 20.8 Å². The number of rotatable bonds is 7. The number of hydrogen-bond acceptors (Lipinski definition) is 6. The van der Waals surface area contributed by atoms with Crippen molar-refractivity contribution in [2.24, 2.45) is 0 Å². The first-order chi connectivity index (χ1) is 9.56. The van der Waals surface area contributed by atoms with Gasteiger partial charge in [-0.3, -0.25) is 0 Å². The van der Waals surface area contributed by atoms with Crippen LogP contribution in [-0.4, -0.2) is 25.2 Å². The summed E-state index contributed by atoms with van der Waals surface area (Å²) in [6.07, 6.45) is 2.02. The molecule has 0 amide bonds. The molecule has 0 spiro atoms. The summed E-state index contributed by atoms with van der Waals surface area (Å²) in [7, 11) is 0. The summed E-state index contributed by atoms with van der Waals surface area (Å²) in [6.45, 7) is 6.40. The van der Waals surface area contributed by atoms with Crippen molar-refractivity contribution >= 4 is 28.3 Å². The summed E-state index contributed by atoms with van der Waals surface area (Å²) in [5.74, 6) is -0.887. The van der Waals surface area contributed by atoms with Gasteiger partial charge in [0, 0.05) is 0 Å². The van der Waals surface area contributed by atoms with E-state index in [-0.39, 0.29) is 0 Å². The van der Waals surface area contributed by atoms with E-state index in [9.17, 15) is 9.59 Å². The van der Waals surface area contributed by atoms with E-state index in [1.165, 1.54) is 0 Å². The van der Waals surface area contributed by atoms with Crippen molar-refractivity contribution in [2.45, 2.75) is 40.0 Å². The molecular formula is C14H21NO4S. The van der Waals surface area contributed by atoms with E-state index in [2.05, 4.69) is 0 Å². The third-order valence-electron chi connectivity index (χ3n) is 2.65. The number of nitrogen functional groups attached to an aromatic ring is 1. The molecule has 20 heavy (non-hydrogen) atoms. The predicted octanol–water partition coefficient (Wildman–Crippen LogP) is 3.03. The summed E-state index contributed by atoms with van der Waals surface area (Å²) in [5.41, 5.74) is 6.80. The number of thiophene rings is 1. The van der Waals surface area contributed by atoms with E-state index in [4.69, 9.17) is 15.2 Å². The van der Waals surface area contributed by atoms with Crippen molar-refractivity contribution in [3.8, 4) is 0 Å². The second kappa shape index (κ2) is 7.89. The zero-order valence-corrected chi connectivity index (χ0v) is 13.0. The smallest absolute Gasteiger partial charge is 0.348 e. The third kappa shape index (κ3) is 3.72. The molecule has 0 aliphatic heterocycles. The molecule has 0 saturated carbocycles. The Bertz CT molecular complexity index is 482. The van der Waals surface area contributed by atoms with Gasteiger partial charge in [0.25, 0.3) is 0 Å². The van der Waals surface area contributed by atoms with Gasteiger partial charge < -0.3 is 15.2 Å². The maximum absolute atomic E-state index is 12.0. The summed E-state index contributed by atoms with van der Waals surface area (Å²) in [4.78, 5) is 24.4. The van der Waals surface area contributed by atoms with Crippen molar-refractivity contribution in [1.29, 1.82) is 0 Å². The van der Waals surface area contributed by atoms with Gasteiger partial charge in [-0.2, -0.15) is 0 Å². The van der Waals surface area contributed by atoms with Gasteiger partial charge in [0.05, 0.1) is 18.8 Å². The number of anilines is 1. The number of carbonyl (C=O) groups excluding carboxylic acids is 2. The fraction of sp³-hybridized carbons (Fsp3) is 0.571. The molecule has 2 N–H and O–H groups in total. The molecule has 1 heterocycles. The van der Waals surface area contributed by atoms with E-state index in [0.717, 1.165) is 24.2 Å².